The van der Waals surface area contributed by atoms with E-state index in [0.29, 0.717) is 5.25 Å². The topological polar surface area (TPSA) is 24.9 Å². The number of benzene rings is 1. The lowest BCUT2D eigenvalue weighted by atomic mass is 10.2. The number of thioether (sulfide) groups is 1. The fourth-order valence-electron chi connectivity index (χ4n) is 1.96. The molecule has 1 aromatic heterocycles. The van der Waals surface area contributed by atoms with Crippen LogP contribution in [0.2, 0.25) is 0 Å². The van der Waals surface area contributed by atoms with E-state index >= 15 is 0 Å². The van der Waals surface area contributed by atoms with Crippen molar-refractivity contribution in [2.75, 3.05) is 13.1 Å². The van der Waals surface area contributed by atoms with Crippen LogP contribution in [0.25, 0.3) is 10.2 Å². The Labute approximate surface area is 103 Å². The van der Waals surface area contributed by atoms with E-state index < -0.39 is 0 Å². The third-order valence-electron chi connectivity index (χ3n) is 2.79. The summed E-state index contributed by atoms with van der Waals surface area (Å²) >= 11 is 3.75. The van der Waals surface area contributed by atoms with Crippen LogP contribution < -0.4 is 5.32 Å². The number of fused-ring (bicyclic) bond motifs is 1. The minimum Gasteiger partial charge on any atom is -0.316 e. The van der Waals surface area contributed by atoms with Crippen molar-refractivity contribution >= 4 is 33.3 Å². The minimum atomic E-state index is 0.703. The van der Waals surface area contributed by atoms with Gasteiger partial charge in [-0.15, -0.1) is 11.3 Å². The fourth-order valence-corrected chi connectivity index (χ4v) is 4.45. The summed E-state index contributed by atoms with van der Waals surface area (Å²) in [6.45, 7) is 2.30. The van der Waals surface area contributed by atoms with Crippen molar-refractivity contribution in [2.24, 2.45) is 0 Å². The number of hydrogen-bond acceptors (Lipinski definition) is 4. The second-order valence-corrected chi connectivity index (χ2v) is 6.61. The maximum Gasteiger partial charge on any atom is 0.151 e. The van der Waals surface area contributed by atoms with Gasteiger partial charge in [-0.05, 0) is 31.5 Å². The number of nitrogens with zero attached hydrogens (tertiary/aromatic N) is 1. The van der Waals surface area contributed by atoms with Gasteiger partial charge in [0.05, 0.1) is 10.2 Å². The molecule has 0 aliphatic carbocycles. The zero-order valence-corrected chi connectivity index (χ0v) is 10.6. The second-order valence-electron chi connectivity index (χ2n) is 4.03. The van der Waals surface area contributed by atoms with Crippen molar-refractivity contribution in [1.29, 1.82) is 0 Å². The van der Waals surface area contributed by atoms with Gasteiger partial charge in [0.1, 0.15) is 0 Å². The highest BCUT2D eigenvalue weighted by molar-refractivity contribution is 8.01. The van der Waals surface area contributed by atoms with E-state index in [1.165, 1.54) is 28.4 Å². The van der Waals surface area contributed by atoms with Crippen LogP contribution in [0.5, 0.6) is 0 Å². The molecule has 1 fully saturated rings. The van der Waals surface area contributed by atoms with E-state index in [1.807, 2.05) is 23.1 Å². The molecular weight excluding hydrogens is 236 g/mol. The molecule has 0 amide bonds. The van der Waals surface area contributed by atoms with E-state index in [-0.39, 0.29) is 0 Å². The Morgan fingerprint density at radius 2 is 2.31 bits per heavy atom. The SMILES string of the molecule is c1ccc2sc(S[C@@H]3CCCNC3)nc2c1. The van der Waals surface area contributed by atoms with Crippen LogP contribution in [-0.4, -0.2) is 23.3 Å². The van der Waals surface area contributed by atoms with Crippen LogP contribution in [-0.2, 0) is 0 Å². The number of thiazole rings is 1. The summed E-state index contributed by atoms with van der Waals surface area (Å²) in [6.07, 6.45) is 2.61. The van der Waals surface area contributed by atoms with Gasteiger partial charge >= 0.3 is 0 Å². The highest BCUT2D eigenvalue weighted by atomic mass is 32.2. The molecule has 0 unspecified atom stereocenters. The molecule has 2 heterocycles. The Hall–Kier alpha value is -0.580. The summed E-state index contributed by atoms with van der Waals surface area (Å²) < 4.78 is 2.52. The van der Waals surface area contributed by atoms with E-state index in [0.717, 1.165) is 12.1 Å². The van der Waals surface area contributed by atoms with Crippen molar-refractivity contribution in [3.05, 3.63) is 24.3 Å². The molecule has 1 aliphatic rings. The summed E-state index contributed by atoms with van der Waals surface area (Å²) in [5.74, 6) is 0. The largest absolute Gasteiger partial charge is 0.316 e. The van der Waals surface area contributed by atoms with Crippen LogP contribution in [0.3, 0.4) is 0 Å². The average Bonchev–Trinajstić information content (AvgIpc) is 2.72. The first-order valence-corrected chi connectivity index (χ1v) is 7.34. The van der Waals surface area contributed by atoms with Gasteiger partial charge in [0.2, 0.25) is 0 Å². The number of piperidine rings is 1. The zero-order valence-electron chi connectivity index (χ0n) is 8.98. The van der Waals surface area contributed by atoms with E-state index in [9.17, 15) is 0 Å². The molecule has 84 valence electrons. The summed E-state index contributed by atoms with van der Waals surface area (Å²) in [4.78, 5) is 4.66. The molecule has 0 bridgehead atoms. The molecule has 2 aromatic rings. The van der Waals surface area contributed by atoms with Crippen LogP contribution in [0, 0.1) is 0 Å². The van der Waals surface area contributed by atoms with Crippen LogP contribution in [0.15, 0.2) is 28.6 Å². The molecule has 1 aromatic carbocycles. The number of nitrogens with one attached hydrogen (secondary N) is 1. The molecule has 1 atom stereocenters. The van der Waals surface area contributed by atoms with E-state index in [1.54, 1.807) is 0 Å². The van der Waals surface area contributed by atoms with Gasteiger partial charge in [0, 0.05) is 11.8 Å². The van der Waals surface area contributed by atoms with Gasteiger partial charge in [0.15, 0.2) is 4.34 Å². The molecule has 0 spiro atoms. The zero-order chi connectivity index (χ0) is 10.8. The summed E-state index contributed by atoms with van der Waals surface area (Å²) in [6, 6.07) is 8.38. The van der Waals surface area contributed by atoms with Crippen molar-refractivity contribution in [3.8, 4) is 0 Å². The molecule has 0 saturated carbocycles. The third-order valence-corrected chi connectivity index (χ3v) is 5.19. The van der Waals surface area contributed by atoms with Gasteiger partial charge in [-0.1, -0.05) is 23.9 Å². The predicted octanol–water partition coefficient (Wildman–Crippen LogP) is 3.14. The molecule has 1 saturated heterocycles. The summed E-state index contributed by atoms with van der Waals surface area (Å²) in [5.41, 5.74) is 1.14. The number of hydrogen-bond donors (Lipinski definition) is 1. The van der Waals surface area contributed by atoms with Gasteiger partial charge in [0.25, 0.3) is 0 Å². The average molecular weight is 250 g/mol. The lowest BCUT2D eigenvalue weighted by molar-refractivity contribution is 0.531. The van der Waals surface area contributed by atoms with Crippen LogP contribution in [0.4, 0.5) is 0 Å². The maximum atomic E-state index is 4.66. The first-order valence-electron chi connectivity index (χ1n) is 5.65. The first-order chi connectivity index (χ1) is 7.92. The quantitative estimate of drug-likeness (QED) is 0.886. The highest BCUT2D eigenvalue weighted by Crippen LogP contribution is 2.33. The number of para-hydroxylation sites is 1. The van der Waals surface area contributed by atoms with Gasteiger partial charge in [-0.25, -0.2) is 4.98 Å². The minimum absolute atomic E-state index is 0.703. The number of aromatic nitrogens is 1. The monoisotopic (exact) mass is 250 g/mol. The Bertz CT molecular complexity index is 442. The van der Waals surface area contributed by atoms with Crippen molar-refractivity contribution in [2.45, 2.75) is 22.4 Å². The highest BCUT2D eigenvalue weighted by Gasteiger charge is 2.16. The Morgan fingerprint density at radius 3 is 3.12 bits per heavy atom. The van der Waals surface area contributed by atoms with Crippen molar-refractivity contribution in [3.63, 3.8) is 0 Å². The van der Waals surface area contributed by atoms with Crippen molar-refractivity contribution in [1.82, 2.24) is 10.3 Å². The Balaban J connectivity index is 1.78. The standard InChI is InChI=1S/C12H14N2S2/c1-2-6-11-10(5-1)14-12(16-11)15-9-4-3-7-13-8-9/h1-2,5-6,9,13H,3-4,7-8H2/t9-/m1/s1. The molecule has 1 N–H and O–H groups in total. The van der Waals surface area contributed by atoms with E-state index in [4.69, 9.17) is 0 Å². The fraction of sp³-hybridized carbons (Fsp3) is 0.417. The Kier molecular flexibility index (Phi) is 3.13. The molecular formula is C12H14N2S2. The summed E-state index contributed by atoms with van der Waals surface area (Å²) in [5, 5.41) is 4.15. The van der Waals surface area contributed by atoms with Gasteiger partial charge < -0.3 is 5.32 Å². The first kappa shape index (κ1) is 10.6. The van der Waals surface area contributed by atoms with Gasteiger partial charge in [-0.3, -0.25) is 0 Å². The van der Waals surface area contributed by atoms with Crippen LogP contribution in [0.1, 0.15) is 12.8 Å². The molecule has 1 aliphatic heterocycles. The predicted molar refractivity (Wildman–Crippen MR) is 71.4 cm³/mol. The van der Waals surface area contributed by atoms with Gasteiger partial charge in [-0.2, -0.15) is 0 Å². The molecule has 4 heteroatoms. The maximum absolute atomic E-state index is 4.66. The van der Waals surface area contributed by atoms with Crippen LogP contribution >= 0.6 is 23.1 Å². The molecule has 16 heavy (non-hydrogen) atoms. The normalized spacial score (nSPS) is 21.4. The number of rotatable bonds is 2. The Morgan fingerprint density at radius 1 is 1.38 bits per heavy atom. The third kappa shape index (κ3) is 2.24. The summed E-state index contributed by atoms with van der Waals surface area (Å²) in [7, 11) is 0. The lowest BCUT2D eigenvalue weighted by Gasteiger charge is -2.20. The van der Waals surface area contributed by atoms with E-state index in [2.05, 4.69) is 34.6 Å². The lowest BCUT2D eigenvalue weighted by Crippen LogP contribution is -2.31. The smallest absolute Gasteiger partial charge is 0.151 e. The second kappa shape index (κ2) is 4.73. The van der Waals surface area contributed by atoms with Crippen molar-refractivity contribution < 1.29 is 0 Å². The molecule has 3 rings (SSSR count). The molecule has 2 nitrogen and oxygen atoms in total. The molecule has 0 radical (unpaired) electrons.